The Balaban J connectivity index is 1.28. The third kappa shape index (κ3) is 4.26. The monoisotopic (exact) mass is 723 g/mol. The third-order valence-corrected chi connectivity index (χ3v) is 12.8. The van der Waals surface area contributed by atoms with Crippen LogP contribution in [0, 0.1) is 0 Å². The summed E-state index contributed by atoms with van der Waals surface area (Å²) in [5.41, 5.74) is 12.5. The molecule has 0 fully saturated rings. The first-order valence-corrected chi connectivity index (χ1v) is 19.5. The number of hydrogen-bond acceptors (Lipinski definition) is 1. The maximum Gasteiger partial charge on any atom is 0.0714 e. The first-order valence-electron chi connectivity index (χ1n) is 22.5. The van der Waals surface area contributed by atoms with Crippen molar-refractivity contribution in [1.82, 2.24) is 0 Å². The standard InChI is InChI=1S/C55H43N/c1-53(2)44-27-15-12-24-41(44)51-46(53)29-17-31-49(51)56(38-33-34-40-39-23-11-14-26-43(39)54(3,4)48(40)35-38)50-32-18-30-47-52(50)42-25-13-16-28-45(42)55(47,36-19-7-5-8-20-36)37-21-9-6-10-22-37/h5-35H,1-4H3/i3D3,4D3. The van der Waals surface area contributed by atoms with Gasteiger partial charge in [0.05, 0.1) is 16.8 Å². The first-order chi connectivity index (χ1) is 29.8. The highest BCUT2D eigenvalue weighted by Crippen LogP contribution is 2.61. The summed E-state index contributed by atoms with van der Waals surface area (Å²) in [5, 5.41) is 0. The topological polar surface area (TPSA) is 3.24 Å². The molecular formula is C55H43N. The van der Waals surface area contributed by atoms with Crippen LogP contribution in [-0.4, -0.2) is 0 Å². The highest BCUT2D eigenvalue weighted by atomic mass is 15.1. The van der Waals surface area contributed by atoms with Crippen molar-refractivity contribution in [1.29, 1.82) is 0 Å². The minimum absolute atomic E-state index is 0.283. The Kier molecular flexibility index (Phi) is 5.72. The summed E-state index contributed by atoms with van der Waals surface area (Å²) in [6.45, 7) is -1.27. The molecule has 8 aromatic carbocycles. The van der Waals surface area contributed by atoms with Crippen molar-refractivity contribution in [2.24, 2.45) is 0 Å². The Morgan fingerprint density at radius 2 is 0.839 bits per heavy atom. The molecule has 1 nitrogen and oxygen atoms in total. The van der Waals surface area contributed by atoms with Crippen LogP contribution in [0.2, 0.25) is 0 Å². The van der Waals surface area contributed by atoms with Gasteiger partial charge < -0.3 is 4.90 Å². The molecule has 1 heteroatoms. The fourth-order valence-electron chi connectivity index (χ4n) is 10.4. The van der Waals surface area contributed by atoms with Crippen molar-refractivity contribution >= 4 is 17.1 Å². The molecule has 0 amide bonds. The number of hydrogen-bond donors (Lipinski definition) is 0. The SMILES string of the molecule is [2H]C([2H])([2H])C1(C([2H])([2H])[2H])c2ccccc2-c2ccc(N(c3cccc4c3-c3ccccc3C4(C)C)c3cccc4c3-c3ccccc3C4(c3ccccc3)c3ccccc3)cc21. The molecule has 268 valence electrons. The van der Waals surface area contributed by atoms with Crippen molar-refractivity contribution in [2.45, 2.75) is 43.8 Å². The van der Waals surface area contributed by atoms with Gasteiger partial charge in [0.15, 0.2) is 0 Å². The molecule has 0 spiro atoms. The van der Waals surface area contributed by atoms with Crippen LogP contribution in [0.1, 0.15) is 80.3 Å². The van der Waals surface area contributed by atoms with Gasteiger partial charge in [-0.1, -0.05) is 191 Å². The average Bonchev–Trinajstić information content (AvgIpc) is 3.85. The molecule has 0 saturated heterocycles. The fraction of sp³-hybridized carbons (Fsp3) is 0.127. The molecule has 8 aromatic rings. The van der Waals surface area contributed by atoms with E-state index in [-0.39, 0.29) is 11.0 Å². The lowest BCUT2D eigenvalue weighted by Crippen LogP contribution is -2.28. The zero-order chi connectivity index (χ0) is 42.8. The van der Waals surface area contributed by atoms with Crippen LogP contribution in [0.4, 0.5) is 17.1 Å². The van der Waals surface area contributed by atoms with Crippen molar-refractivity contribution in [2.75, 3.05) is 4.90 Å². The zero-order valence-electron chi connectivity index (χ0n) is 37.3. The Labute approximate surface area is 339 Å². The molecule has 3 aliphatic rings. The lowest BCUT2D eigenvalue weighted by atomic mass is 9.68. The van der Waals surface area contributed by atoms with E-state index in [0.717, 1.165) is 55.9 Å². The molecule has 56 heavy (non-hydrogen) atoms. The third-order valence-electron chi connectivity index (χ3n) is 12.8. The van der Waals surface area contributed by atoms with Gasteiger partial charge in [0.2, 0.25) is 0 Å². The summed E-state index contributed by atoms with van der Waals surface area (Å²) in [4.78, 5) is 2.27. The second kappa shape index (κ2) is 11.8. The quantitative estimate of drug-likeness (QED) is 0.171. The van der Waals surface area contributed by atoms with Gasteiger partial charge in [-0.2, -0.15) is 0 Å². The van der Waals surface area contributed by atoms with Crippen LogP contribution in [-0.2, 0) is 16.2 Å². The predicted molar refractivity (Wildman–Crippen MR) is 234 cm³/mol. The van der Waals surface area contributed by atoms with E-state index in [2.05, 4.69) is 164 Å². The van der Waals surface area contributed by atoms with Gasteiger partial charge in [-0.3, -0.25) is 0 Å². The van der Waals surface area contributed by atoms with Crippen molar-refractivity contribution in [3.05, 3.63) is 233 Å². The number of nitrogens with zero attached hydrogens (tertiary/aromatic N) is 1. The molecule has 0 saturated carbocycles. The Morgan fingerprint density at radius 3 is 1.46 bits per heavy atom. The highest BCUT2D eigenvalue weighted by Gasteiger charge is 2.48. The summed E-state index contributed by atoms with van der Waals surface area (Å²) in [6.07, 6.45) is 0. The molecule has 11 rings (SSSR count). The summed E-state index contributed by atoms with van der Waals surface area (Å²) >= 11 is 0. The molecule has 0 atom stereocenters. The normalized spacial score (nSPS) is 17.6. The van der Waals surface area contributed by atoms with E-state index in [0.29, 0.717) is 22.4 Å². The van der Waals surface area contributed by atoms with E-state index in [1.54, 1.807) is 12.1 Å². The molecule has 0 aliphatic heterocycles. The zero-order valence-corrected chi connectivity index (χ0v) is 31.3. The minimum atomic E-state index is -2.90. The second-order valence-electron chi connectivity index (χ2n) is 16.0. The average molecular weight is 724 g/mol. The number of fused-ring (bicyclic) bond motifs is 9. The Bertz CT molecular complexity index is 3040. The van der Waals surface area contributed by atoms with Gasteiger partial charge >= 0.3 is 0 Å². The van der Waals surface area contributed by atoms with E-state index in [1.165, 1.54) is 11.1 Å². The van der Waals surface area contributed by atoms with Gasteiger partial charge in [0.1, 0.15) is 0 Å². The van der Waals surface area contributed by atoms with Crippen LogP contribution in [0.15, 0.2) is 188 Å². The number of rotatable bonds is 5. The van der Waals surface area contributed by atoms with E-state index in [9.17, 15) is 0 Å². The maximum atomic E-state index is 9.07. The van der Waals surface area contributed by atoms with E-state index in [1.807, 2.05) is 30.3 Å². The van der Waals surface area contributed by atoms with Crippen molar-refractivity contribution in [3.8, 4) is 33.4 Å². The largest absolute Gasteiger partial charge is 0.309 e. The maximum absolute atomic E-state index is 9.07. The summed E-state index contributed by atoms with van der Waals surface area (Å²) in [5.74, 6) is 0. The second-order valence-corrected chi connectivity index (χ2v) is 16.0. The molecule has 0 aromatic heterocycles. The highest BCUT2D eigenvalue weighted by molar-refractivity contribution is 6.02. The van der Waals surface area contributed by atoms with Crippen molar-refractivity contribution in [3.63, 3.8) is 0 Å². The molecule has 0 radical (unpaired) electrons. The fourth-order valence-corrected chi connectivity index (χ4v) is 10.4. The Morgan fingerprint density at radius 1 is 0.375 bits per heavy atom. The lowest BCUT2D eigenvalue weighted by Gasteiger charge is -2.35. The van der Waals surface area contributed by atoms with Crippen LogP contribution in [0.3, 0.4) is 0 Å². The van der Waals surface area contributed by atoms with Crippen molar-refractivity contribution < 1.29 is 8.22 Å². The molecule has 0 N–H and O–H groups in total. The van der Waals surface area contributed by atoms with Crippen LogP contribution in [0.25, 0.3) is 33.4 Å². The van der Waals surface area contributed by atoms with Gasteiger partial charge in [-0.15, -0.1) is 0 Å². The van der Waals surface area contributed by atoms with Crippen LogP contribution >= 0.6 is 0 Å². The van der Waals surface area contributed by atoms with E-state index in [4.69, 9.17) is 8.22 Å². The number of benzene rings is 8. The smallest absolute Gasteiger partial charge is 0.0714 e. The lowest BCUT2D eigenvalue weighted by molar-refractivity contribution is 0.660. The van der Waals surface area contributed by atoms with E-state index >= 15 is 0 Å². The minimum Gasteiger partial charge on any atom is -0.309 e. The predicted octanol–water partition coefficient (Wildman–Crippen LogP) is 14.1. The number of anilines is 3. The molecule has 0 unspecified atom stereocenters. The van der Waals surface area contributed by atoms with Gasteiger partial charge in [0.25, 0.3) is 0 Å². The Hall–Kier alpha value is -6.44. The summed E-state index contributed by atoms with van der Waals surface area (Å²) in [7, 11) is 0. The van der Waals surface area contributed by atoms with Crippen LogP contribution < -0.4 is 4.90 Å². The molecule has 3 aliphatic carbocycles. The molecule has 0 heterocycles. The van der Waals surface area contributed by atoms with E-state index < -0.39 is 24.5 Å². The molecule has 0 bridgehead atoms. The van der Waals surface area contributed by atoms with Crippen LogP contribution in [0.5, 0.6) is 0 Å². The first kappa shape index (κ1) is 27.2. The van der Waals surface area contributed by atoms with Gasteiger partial charge in [0, 0.05) is 35.9 Å². The van der Waals surface area contributed by atoms with Gasteiger partial charge in [-0.25, -0.2) is 0 Å². The molecular weight excluding hydrogens is 675 g/mol. The summed E-state index contributed by atoms with van der Waals surface area (Å²) in [6, 6.07) is 64.6. The van der Waals surface area contributed by atoms with Gasteiger partial charge in [-0.05, 0) is 91.0 Å². The summed E-state index contributed by atoms with van der Waals surface area (Å²) < 4.78 is 54.4.